The molecule has 4 aromatic heterocycles. The van der Waals surface area contributed by atoms with Crippen molar-refractivity contribution in [3.8, 4) is 0 Å². The first kappa shape index (κ1) is 16.3. The maximum absolute atomic E-state index is 4.79. The summed E-state index contributed by atoms with van der Waals surface area (Å²) in [6.07, 6.45) is 4.08. The molecule has 1 aromatic carbocycles. The number of thioether (sulfide) groups is 1. The minimum atomic E-state index is 0.675. The number of imidazole rings is 1. The SMILES string of the molecule is CCn1c2ccccc2c2nnc(SCc3cn4cccc(C)c4n3)nc21. The second-order valence-electron chi connectivity index (χ2n) is 6.47. The summed E-state index contributed by atoms with van der Waals surface area (Å²) in [5.74, 6) is 0.709. The van der Waals surface area contributed by atoms with E-state index in [1.165, 1.54) is 5.56 Å². The van der Waals surface area contributed by atoms with E-state index in [1.807, 2.05) is 24.4 Å². The molecule has 0 saturated heterocycles. The van der Waals surface area contributed by atoms with Crippen molar-refractivity contribution in [3.05, 3.63) is 60.0 Å². The highest BCUT2D eigenvalue weighted by molar-refractivity contribution is 7.98. The summed E-state index contributed by atoms with van der Waals surface area (Å²) in [6.45, 7) is 5.04. The lowest BCUT2D eigenvalue weighted by Crippen LogP contribution is -1.98. The van der Waals surface area contributed by atoms with E-state index in [-0.39, 0.29) is 0 Å². The molecule has 0 atom stereocenters. The van der Waals surface area contributed by atoms with Gasteiger partial charge in [-0.05, 0) is 31.5 Å². The number of rotatable bonds is 4. The van der Waals surface area contributed by atoms with Gasteiger partial charge >= 0.3 is 0 Å². The molecule has 0 radical (unpaired) electrons. The van der Waals surface area contributed by atoms with E-state index in [0.29, 0.717) is 10.9 Å². The molecule has 0 aliphatic heterocycles. The van der Waals surface area contributed by atoms with Crippen LogP contribution in [-0.2, 0) is 12.3 Å². The van der Waals surface area contributed by atoms with Crippen LogP contribution >= 0.6 is 11.8 Å². The van der Waals surface area contributed by atoms with Gasteiger partial charge in [-0.1, -0.05) is 36.0 Å². The maximum Gasteiger partial charge on any atom is 0.211 e. The molecule has 0 aliphatic rings. The van der Waals surface area contributed by atoms with Crippen LogP contribution in [0.2, 0.25) is 0 Å². The topological polar surface area (TPSA) is 60.9 Å². The van der Waals surface area contributed by atoms with E-state index in [2.05, 4.69) is 57.4 Å². The summed E-state index contributed by atoms with van der Waals surface area (Å²) >= 11 is 1.56. The first-order valence-electron chi connectivity index (χ1n) is 8.92. The van der Waals surface area contributed by atoms with Gasteiger partial charge in [-0.15, -0.1) is 10.2 Å². The molecule has 4 heterocycles. The molecule has 5 rings (SSSR count). The summed E-state index contributed by atoms with van der Waals surface area (Å²) in [5.41, 5.74) is 6.07. The number of benzene rings is 1. The highest BCUT2D eigenvalue weighted by Crippen LogP contribution is 2.27. The molecule has 134 valence electrons. The predicted octanol–water partition coefficient (Wildman–Crippen LogP) is 4.25. The molecule has 5 aromatic rings. The number of aromatic nitrogens is 6. The molecule has 0 amide bonds. The standard InChI is InChI=1S/C20H18N6S/c1-3-26-16-9-5-4-8-15(16)17-19(26)22-20(24-23-17)27-12-14-11-25-10-6-7-13(2)18(25)21-14/h4-11H,3,12H2,1-2H3. The Bertz CT molecular complexity index is 1290. The molecule has 0 saturated carbocycles. The van der Waals surface area contributed by atoms with Crippen LogP contribution < -0.4 is 0 Å². The highest BCUT2D eigenvalue weighted by atomic mass is 32.2. The van der Waals surface area contributed by atoms with Crippen molar-refractivity contribution in [2.75, 3.05) is 0 Å². The molecule has 0 N–H and O–H groups in total. The van der Waals surface area contributed by atoms with Crippen molar-refractivity contribution in [2.24, 2.45) is 0 Å². The van der Waals surface area contributed by atoms with Crippen LogP contribution in [0.5, 0.6) is 0 Å². The summed E-state index contributed by atoms with van der Waals surface area (Å²) in [6, 6.07) is 12.4. The van der Waals surface area contributed by atoms with Crippen LogP contribution in [0.4, 0.5) is 0 Å². The summed E-state index contributed by atoms with van der Waals surface area (Å²) in [7, 11) is 0. The first-order valence-corrected chi connectivity index (χ1v) is 9.91. The number of hydrogen-bond donors (Lipinski definition) is 0. The van der Waals surface area contributed by atoms with Gasteiger partial charge in [0.25, 0.3) is 0 Å². The van der Waals surface area contributed by atoms with Gasteiger partial charge in [0.2, 0.25) is 5.16 Å². The van der Waals surface area contributed by atoms with Gasteiger partial charge in [0.05, 0.1) is 11.2 Å². The predicted molar refractivity (Wildman–Crippen MR) is 108 cm³/mol. The van der Waals surface area contributed by atoms with E-state index in [0.717, 1.165) is 40.0 Å². The van der Waals surface area contributed by atoms with Crippen LogP contribution in [-0.4, -0.2) is 29.1 Å². The molecular weight excluding hydrogens is 356 g/mol. The average Bonchev–Trinajstić information content (AvgIpc) is 3.25. The van der Waals surface area contributed by atoms with Crippen molar-refractivity contribution in [2.45, 2.75) is 31.3 Å². The Morgan fingerprint density at radius 3 is 2.74 bits per heavy atom. The molecule has 0 unspecified atom stereocenters. The second kappa shape index (κ2) is 6.35. The highest BCUT2D eigenvalue weighted by Gasteiger charge is 2.14. The van der Waals surface area contributed by atoms with Gasteiger partial charge < -0.3 is 8.97 Å². The Morgan fingerprint density at radius 2 is 1.89 bits per heavy atom. The largest absolute Gasteiger partial charge is 0.324 e. The van der Waals surface area contributed by atoms with Crippen LogP contribution in [0.1, 0.15) is 18.2 Å². The van der Waals surface area contributed by atoms with Crippen molar-refractivity contribution in [3.63, 3.8) is 0 Å². The van der Waals surface area contributed by atoms with Gasteiger partial charge in [0, 0.05) is 30.1 Å². The summed E-state index contributed by atoms with van der Waals surface area (Å²) < 4.78 is 4.25. The van der Waals surface area contributed by atoms with Crippen LogP contribution in [0.15, 0.2) is 53.9 Å². The fourth-order valence-electron chi connectivity index (χ4n) is 3.48. The minimum absolute atomic E-state index is 0.675. The molecule has 0 bridgehead atoms. The lowest BCUT2D eigenvalue weighted by molar-refractivity contribution is 0.789. The third-order valence-electron chi connectivity index (χ3n) is 4.75. The van der Waals surface area contributed by atoms with E-state index in [4.69, 9.17) is 9.97 Å². The van der Waals surface area contributed by atoms with Gasteiger partial charge in [-0.25, -0.2) is 9.97 Å². The summed E-state index contributed by atoms with van der Waals surface area (Å²) in [5, 5.41) is 10.6. The van der Waals surface area contributed by atoms with Gasteiger partial charge in [0.1, 0.15) is 11.2 Å². The zero-order valence-electron chi connectivity index (χ0n) is 15.1. The molecule has 0 aliphatic carbocycles. The Hall–Kier alpha value is -2.93. The normalized spacial score (nSPS) is 11.8. The summed E-state index contributed by atoms with van der Waals surface area (Å²) in [4.78, 5) is 9.51. The lowest BCUT2D eigenvalue weighted by atomic mass is 10.2. The van der Waals surface area contributed by atoms with E-state index >= 15 is 0 Å². The molecule has 7 heteroatoms. The van der Waals surface area contributed by atoms with E-state index in [9.17, 15) is 0 Å². The second-order valence-corrected chi connectivity index (χ2v) is 7.41. The fourth-order valence-corrected chi connectivity index (χ4v) is 4.15. The Labute approximate surface area is 160 Å². The number of para-hydroxylation sites is 1. The molecule has 0 fully saturated rings. The van der Waals surface area contributed by atoms with E-state index in [1.54, 1.807) is 11.8 Å². The van der Waals surface area contributed by atoms with Crippen LogP contribution in [0, 0.1) is 6.92 Å². The Kier molecular flexibility index (Phi) is 3.82. The zero-order chi connectivity index (χ0) is 18.4. The van der Waals surface area contributed by atoms with Crippen molar-refractivity contribution < 1.29 is 0 Å². The van der Waals surface area contributed by atoms with Crippen LogP contribution in [0.25, 0.3) is 27.7 Å². The minimum Gasteiger partial charge on any atom is -0.324 e. The number of hydrogen-bond acceptors (Lipinski definition) is 5. The molecule has 27 heavy (non-hydrogen) atoms. The van der Waals surface area contributed by atoms with Crippen molar-refractivity contribution >= 4 is 39.5 Å². The van der Waals surface area contributed by atoms with Crippen LogP contribution in [0.3, 0.4) is 0 Å². The molecule has 6 nitrogen and oxygen atoms in total. The third-order valence-corrected chi connectivity index (χ3v) is 5.62. The van der Waals surface area contributed by atoms with Gasteiger partial charge in [0.15, 0.2) is 5.65 Å². The fraction of sp³-hybridized carbons (Fsp3) is 0.200. The number of nitrogens with zero attached hydrogens (tertiary/aromatic N) is 6. The average molecular weight is 374 g/mol. The van der Waals surface area contributed by atoms with Gasteiger partial charge in [-0.2, -0.15) is 0 Å². The monoisotopic (exact) mass is 374 g/mol. The quantitative estimate of drug-likeness (QED) is 0.440. The Morgan fingerprint density at radius 1 is 1.00 bits per heavy atom. The number of aryl methyl sites for hydroxylation is 2. The molecule has 0 spiro atoms. The van der Waals surface area contributed by atoms with E-state index < -0.39 is 0 Å². The van der Waals surface area contributed by atoms with Crippen molar-refractivity contribution in [1.29, 1.82) is 0 Å². The number of fused-ring (bicyclic) bond motifs is 4. The smallest absolute Gasteiger partial charge is 0.211 e. The first-order chi connectivity index (χ1) is 13.2. The zero-order valence-corrected chi connectivity index (χ0v) is 15.9. The van der Waals surface area contributed by atoms with Crippen molar-refractivity contribution in [1.82, 2.24) is 29.1 Å². The lowest BCUT2D eigenvalue weighted by Gasteiger charge is -2.02. The maximum atomic E-state index is 4.79. The molecular formula is C20H18N6S. The van der Waals surface area contributed by atoms with Gasteiger partial charge in [-0.3, -0.25) is 0 Å². The Balaban J connectivity index is 1.49. The third kappa shape index (κ3) is 2.66. The number of pyridine rings is 1.